The molecule has 0 atom stereocenters. The summed E-state index contributed by atoms with van der Waals surface area (Å²) in [6, 6.07) is 16.1. The minimum Gasteiger partial charge on any atom is -0.493 e. The van der Waals surface area contributed by atoms with Crippen molar-refractivity contribution in [3.8, 4) is 29.2 Å². The van der Waals surface area contributed by atoms with E-state index in [0.717, 1.165) is 29.0 Å². The van der Waals surface area contributed by atoms with Gasteiger partial charge in [-0.15, -0.1) is 6.42 Å². The molecule has 0 saturated carbocycles. The van der Waals surface area contributed by atoms with Crippen LogP contribution in [0.15, 0.2) is 48.5 Å². The van der Waals surface area contributed by atoms with Crippen molar-refractivity contribution in [3.05, 3.63) is 54.1 Å². The molecule has 0 saturated heterocycles. The van der Waals surface area contributed by atoms with Gasteiger partial charge >= 0.3 is 0 Å². The Balaban J connectivity index is 2.25. The van der Waals surface area contributed by atoms with Gasteiger partial charge in [-0.1, -0.05) is 44.0 Å². The smallest absolute Gasteiger partial charge is 0.119 e. The van der Waals surface area contributed by atoms with E-state index in [-0.39, 0.29) is 0 Å². The summed E-state index contributed by atoms with van der Waals surface area (Å²) in [6.45, 7) is 5.01. The Morgan fingerprint density at radius 2 is 1.74 bits per heavy atom. The third-order valence-corrected chi connectivity index (χ3v) is 2.78. The zero-order chi connectivity index (χ0) is 13.7. The Morgan fingerprint density at radius 3 is 2.42 bits per heavy atom. The van der Waals surface area contributed by atoms with Crippen molar-refractivity contribution in [2.45, 2.75) is 13.8 Å². The number of terminal acetylenes is 1. The Morgan fingerprint density at radius 1 is 1.05 bits per heavy atom. The molecule has 0 fully saturated rings. The van der Waals surface area contributed by atoms with Crippen LogP contribution in [0.1, 0.15) is 19.4 Å². The lowest BCUT2D eigenvalue weighted by molar-refractivity contribution is 0.271. The second-order valence-electron chi connectivity index (χ2n) is 4.96. The molecule has 2 aromatic carbocycles. The first-order chi connectivity index (χ1) is 9.19. The molecule has 1 heteroatoms. The fraction of sp³-hybridized carbons (Fsp3) is 0.222. The highest BCUT2D eigenvalue weighted by atomic mass is 16.5. The quantitative estimate of drug-likeness (QED) is 0.732. The van der Waals surface area contributed by atoms with E-state index in [1.807, 2.05) is 30.3 Å². The van der Waals surface area contributed by atoms with Gasteiger partial charge in [0.15, 0.2) is 0 Å². The maximum Gasteiger partial charge on any atom is 0.119 e. The summed E-state index contributed by atoms with van der Waals surface area (Å²) in [5.41, 5.74) is 3.13. The number of hydrogen-bond acceptors (Lipinski definition) is 1. The molecule has 0 aromatic heterocycles. The van der Waals surface area contributed by atoms with Crippen LogP contribution in [-0.2, 0) is 0 Å². The Kier molecular flexibility index (Phi) is 4.26. The average Bonchev–Trinajstić information content (AvgIpc) is 2.45. The van der Waals surface area contributed by atoms with Crippen molar-refractivity contribution in [2.75, 3.05) is 6.61 Å². The molecule has 0 amide bonds. The van der Waals surface area contributed by atoms with Gasteiger partial charge in [0.25, 0.3) is 0 Å². The first-order valence-corrected chi connectivity index (χ1v) is 6.49. The van der Waals surface area contributed by atoms with Crippen molar-refractivity contribution >= 4 is 0 Å². The van der Waals surface area contributed by atoms with Crippen LogP contribution in [0.2, 0.25) is 0 Å². The van der Waals surface area contributed by atoms with Crippen molar-refractivity contribution in [1.29, 1.82) is 0 Å². The predicted molar refractivity (Wildman–Crippen MR) is 80.1 cm³/mol. The molecule has 0 aliphatic rings. The molecule has 0 N–H and O–H groups in total. The van der Waals surface area contributed by atoms with Crippen LogP contribution < -0.4 is 4.74 Å². The van der Waals surface area contributed by atoms with E-state index in [9.17, 15) is 0 Å². The fourth-order valence-electron chi connectivity index (χ4n) is 1.82. The molecule has 0 unspecified atom stereocenters. The second kappa shape index (κ2) is 6.11. The highest BCUT2D eigenvalue weighted by Gasteiger charge is 2.02. The normalized spacial score (nSPS) is 10.2. The molecule has 1 nitrogen and oxygen atoms in total. The van der Waals surface area contributed by atoms with Crippen LogP contribution in [0.4, 0.5) is 0 Å². The summed E-state index contributed by atoms with van der Waals surface area (Å²) < 4.78 is 5.75. The summed E-state index contributed by atoms with van der Waals surface area (Å²) in [5, 5.41) is 0. The van der Waals surface area contributed by atoms with Crippen LogP contribution in [0.3, 0.4) is 0 Å². The van der Waals surface area contributed by atoms with Crippen LogP contribution in [0, 0.1) is 18.3 Å². The summed E-state index contributed by atoms with van der Waals surface area (Å²) in [6.07, 6.45) is 5.43. The zero-order valence-corrected chi connectivity index (χ0v) is 11.4. The van der Waals surface area contributed by atoms with E-state index in [4.69, 9.17) is 11.2 Å². The third kappa shape index (κ3) is 3.63. The summed E-state index contributed by atoms with van der Waals surface area (Å²) in [7, 11) is 0. The highest BCUT2D eigenvalue weighted by Crippen LogP contribution is 2.24. The van der Waals surface area contributed by atoms with Gasteiger partial charge in [0.2, 0.25) is 0 Å². The summed E-state index contributed by atoms with van der Waals surface area (Å²) >= 11 is 0. The Bertz CT molecular complexity index is 591. The fourth-order valence-corrected chi connectivity index (χ4v) is 1.82. The topological polar surface area (TPSA) is 9.23 Å². The number of hydrogen-bond donors (Lipinski definition) is 0. The SMILES string of the molecule is C#Cc1cccc(-c2cccc(OCC(C)C)c2)c1. The van der Waals surface area contributed by atoms with Gasteiger partial charge < -0.3 is 4.74 Å². The maximum atomic E-state index is 5.75. The second-order valence-corrected chi connectivity index (χ2v) is 4.96. The molecule has 0 radical (unpaired) electrons. The van der Waals surface area contributed by atoms with E-state index in [2.05, 4.69) is 38.0 Å². The van der Waals surface area contributed by atoms with Crippen molar-refractivity contribution in [1.82, 2.24) is 0 Å². The third-order valence-electron chi connectivity index (χ3n) is 2.78. The lowest BCUT2D eigenvalue weighted by Crippen LogP contribution is -2.04. The molecule has 96 valence electrons. The van der Waals surface area contributed by atoms with Crippen LogP contribution >= 0.6 is 0 Å². The van der Waals surface area contributed by atoms with Crippen molar-refractivity contribution in [3.63, 3.8) is 0 Å². The predicted octanol–water partition coefficient (Wildman–Crippen LogP) is 4.37. The number of rotatable bonds is 4. The standard InChI is InChI=1S/C18H18O/c1-4-15-7-5-8-16(11-15)17-9-6-10-18(12-17)19-13-14(2)3/h1,5-12,14H,13H2,2-3H3. The van der Waals surface area contributed by atoms with Crippen LogP contribution in [-0.4, -0.2) is 6.61 Å². The maximum absolute atomic E-state index is 5.75. The van der Waals surface area contributed by atoms with E-state index in [1.54, 1.807) is 0 Å². The minimum atomic E-state index is 0.522. The van der Waals surface area contributed by atoms with E-state index >= 15 is 0 Å². The van der Waals surface area contributed by atoms with E-state index in [0.29, 0.717) is 5.92 Å². The van der Waals surface area contributed by atoms with Crippen LogP contribution in [0.5, 0.6) is 5.75 Å². The summed E-state index contributed by atoms with van der Waals surface area (Å²) in [5.74, 6) is 4.08. The first kappa shape index (κ1) is 13.2. The number of ether oxygens (including phenoxy) is 1. The molecular formula is C18H18O. The molecule has 19 heavy (non-hydrogen) atoms. The van der Waals surface area contributed by atoms with Gasteiger partial charge in [-0.05, 0) is 41.3 Å². The molecule has 0 aliphatic heterocycles. The Hall–Kier alpha value is -2.20. The molecule has 2 rings (SSSR count). The number of benzene rings is 2. The van der Waals surface area contributed by atoms with Crippen molar-refractivity contribution in [2.24, 2.45) is 5.92 Å². The van der Waals surface area contributed by atoms with Gasteiger partial charge in [-0.25, -0.2) is 0 Å². The zero-order valence-electron chi connectivity index (χ0n) is 11.4. The van der Waals surface area contributed by atoms with Gasteiger partial charge in [0.05, 0.1) is 6.61 Å². The molecule has 0 aliphatic carbocycles. The van der Waals surface area contributed by atoms with Gasteiger partial charge in [0.1, 0.15) is 5.75 Å². The molecule has 0 spiro atoms. The van der Waals surface area contributed by atoms with Crippen LogP contribution in [0.25, 0.3) is 11.1 Å². The minimum absolute atomic E-state index is 0.522. The van der Waals surface area contributed by atoms with Gasteiger partial charge in [-0.2, -0.15) is 0 Å². The molecular weight excluding hydrogens is 232 g/mol. The molecule has 0 bridgehead atoms. The van der Waals surface area contributed by atoms with Gasteiger partial charge in [0, 0.05) is 5.56 Å². The first-order valence-electron chi connectivity index (χ1n) is 6.49. The largest absolute Gasteiger partial charge is 0.493 e. The average molecular weight is 250 g/mol. The monoisotopic (exact) mass is 250 g/mol. The van der Waals surface area contributed by atoms with E-state index < -0.39 is 0 Å². The highest BCUT2D eigenvalue weighted by molar-refractivity contribution is 5.66. The molecule has 2 aromatic rings. The van der Waals surface area contributed by atoms with Crippen molar-refractivity contribution < 1.29 is 4.74 Å². The lowest BCUT2D eigenvalue weighted by atomic mass is 10.0. The Labute approximate surface area is 115 Å². The summed E-state index contributed by atoms with van der Waals surface area (Å²) in [4.78, 5) is 0. The van der Waals surface area contributed by atoms with Gasteiger partial charge in [-0.3, -0.25) is 0 Å². The molecule has 0 heterocycles. The lowest BCUT2D eigenvalue weighted by Gasteiger charge is -2.10. The van der Waals surface area contributed by atoms with E-state index in [1.165, 1.54) is 0 Å².